The van der Waals surface area contributed by atoms with E-state index in [4.69, 9.17) is 14.5 Å². The molecule has 2 unspecified atom stereocenters. The number of aromatic nitrogens is 3. The number of rotatable bonds is 12. The zero-order chi connectivity index (χ0) is 25.7. The minimum absolute atomic E-state index is 0.0491. The molecule has 2 aromatic heterocycles. The normalized spacial score (nSPS) is 21.5. The van der Waals surface area contributed by atoms with Crippen LogP contribution in [-0.4, -0.2) is 70.4 Å². The first-order chi connectivity index (χ1) is 18.0. The molecule has 2 saturated heterocycles. The van der Waals surface area contributed by atoms with Gasteiger partial charge in [-0.15, -0.1) is 0 Å². The van der Waals surface area contributed by atoms with E-state index < -0.39 is 12.0 Å². The Hall–Kier alpha value is -2.78. The summed E-state index contributed by atoms with van der Waals surface area (Å²) in [6, 6.07) is 3.61. The van der Waals surface area contributed by atoms with Gasteiger partial charge in [0.2, 0.25) is 5.88 Å². The number of ether oxygens (including phenoxy) is 2. The van der Waals surface area contributed by atoms with Crippen LogP contribution in [0.25, 0.3) is 0 Å². The topological polar surface area (TPSA) is 110 Å². The number of nitrogens with one attached hydrogen (secondary N) is 1. The Bertz CT molecular complexity index is 1080. The maximum absolute atomic E-state index is 12.4. The van der Waals surface area contributed by atoms with Crippen LogP contribution in [0, 0.1) is 11.3 Å². The number of carboxylic acid groups (broad SMARTS) is 1. The van der Waals surface area contributed by atoms with Gasteiger partial charge in [0, 0.05) is 30.4 Å². The number of pyridine rings is 1. The number of carboxylic acids is 1. The molecule has 3 aliphatic rings. The largest absolute Gasteiger partial charge is 0.480 e. The standard InChI is InChI=1S/C28H39N5O4/c1-28(16-36-17-28)18-37-26-23(14-29-19-31-26)24(27(34)35)33-13-11-20(15-33)6-3-2-4-8-22-10-9-21-7-5-12-30-25(21)32-22/h9-10,14,19-20,24H,2-8,11-13,15-18H2,1H3,(H,30,32)(H,34,35). The molecule has 37 heavy (non-hydrogen) atoms. The molecule has 5 heterocycles. The molecule has 0 amide bonds. The summed E-state index contributed by atoms with van der Waals surface area (Å²) in [6.45, 7) is 6.38. The summed E-state index contributed by atoms with van der Waals surface area (Å²) in [7, 11) is 0. The summed E-state index contributed by atoms with van der Waals surface area (Å²) in [5.41, 5.74) is 2.99. The molecule has 0 saturated carbocycles. The monoisotopic (exact) mass is 509 g/mol. The number of fused-ring (bicyclic) bond motifs is 1. The van der Waals surface area contributed by atoms with E-state index in [-0.39, 0.29) is 5.41 Å². The molecule has 2 aromatic rings. The van der Waals surface area contributed by atoms with Gasteiger partial charge in [-0.25, -0.2) is 15.0 Å². The Morgan fingerprint density at radius 2 is 2.22 bits per heavy atom. The average Bonchev–Trinajstić information content (AvgIpc) is 3.35. The molecule has 9 nitrogen and oxygen atoms in total. The zero-order valence-corrected chi connectivity index (χ0v) is 21.8. The van der Waals surface area contributed by atoms with Crippen molar-refractivity contribution in [1.82, 2.24) is 19.9 Å². The number of carbonyl (C=O) groups is 1. The second-order valence-corrected chi connectivity index (χ2v) is 11.2. The lowest BCUT2D eigenvalue weighted by Gasteiger charge is -2.37. The third-order valence-corrected chi connectivity index (χ3v) is 7.87. The van der Waals surface area contributed by atoms with Gasteiger partial charge in [-0.05, 0) is 62.6 Å². The van der Waals surface area contributed by atoms with Crippen LogP contribution in [0.3, 0.4) is 0 Å². The van der Waals surface area contributed by atoms with Crippen molar-refractivity contribution >= 4 is 11.8 Å². The highest BCUT2D eigenvalue weighted by Gasteiger charge is 2.38. The smallest absolute Gasteiger partial charge is 0.325 e. The first kappa shape index (κ1) is 25.9. The van der Waals surface area contributed by atoms with Crippen LogP contribution >= 0.6 is 0 Å². The van der Waals surface area contributed by atoms with Gasteiger partial charge < -0.3 is 19.9 Å². The van der Waals surface area contributed by atoms with Crippen LogP contribution in [0.5, 0.6) is 5.88 Å². The summed E-state index contributed by atoms with van der Waals surface area (Å²) in [5.74, 6) is 1.06. The van der Waals surface area contributed by atoms with E-state index in [0.29, 0.717) is 37.2 Å². The Kier molecular flexibility index (Phi) is 8.20. The Balaban J connectivity index is 1.09. The van der Waals surface area contributed by atoms with Crippen molar-refractivity contribution in [1.29, 1.82) is 0 Å². The molecule has 2 fully saturated rings. The van der Waals surface area contributed by atoms with Crippen LogP contribution in [-0.2, 0) is 22.4 Å². The van der Waals surface area contributed by atoms with E-state index in [1.54, 1.807) is 6.20 Å². The average molecular weight is 510 g/mol. The third-order valence-electron chi connectivity index (χ3n) is 7.87. The van der Waals surface area contributed by atoms with Crippen molar-refractivity contribution in [3.05, 3.63) is 41.5 Å². The minimum Gasteiger partial charge on any atom is -0.480 e. The Morgan fingerprint density at radius 3 is 3.03 bits per heavy atom. The maximum Gasteiger partial charge on any atom is 0.325 e. The predicted octanol–water partition coefficient (Wildman–Crippen LogP) is 3.90. The van der Waals surface area contributed by atoms with Gasteiger partial charge in [0.15, 0.2) is 0 Å². The molecule has 0 spiro atoms. The summed E-state index contributed by atoms with van der Waals surface area (Å²) in [4.78, 5) is 27.6. The van der Waals surface area contributed by atoms with Crippen molar-refractivity contribution in [2.24, 2.45) is 11.3 Å². The van der Waals surface area contributed by atoms with E-state index in [1.807, 2.05) is 0 Å². The van der Waals surface area contributed by atoms with Crippen LogP contribution in [0.2, 0.25) is 0 Å². The van der Waals surface area contributed by atoms with Crippen molar-refractivity contribution in [3.63, 3.8) is 0 Å². The number of unbranched alkanes of at least 4 members (excludes halogenated alkanes) is 2. The van der Waals surface area contributed by atoms with Crippen LogP contribution < -0.4 is 10.1 Å². The van der Waals surface area contributed by atoms with Gasteiger partial charge >= 0.3 is 5.97 Å². The van der Waals surface area contributed by atoms with E-state index in [2.05, 4.69) is 39.2 Å². The number of nitrogens with zero attached hydrogens (tertiary/aromatic N) is 4. The molecule has 9 heteroatoms. The highest BCUT2D eigenvalue weighted by Crippen LogP contribution is 2.35. The Morgan fingerprint density at radius 1 is 1.32 bits per heavy atom. The van der Waals surface area contributed by atoms with Crippen LogP contribution in [0.4, 0.5) is 5.82 Å². The minimum atomic E-state index is -0.884. The fourth-order valence-corrected chi connectivity index (χ4v) is 5.66. The quantitative estimate of drug-likeness (QED) is 0.412. The molecule has 0 bridgehead atoms. The van der Waals surface area contributed by atoms with E-state index in [0.717, 1.165) is 70.4 Å². The molecule has 200 valence electrons. The molecule has 2 atom stereocenters. The molecule has 0 radical (unpaired) electrons. The second kappa shape index (κ2) is 11.7. The van der Waals surface area contributed by atoms with Gasteiger partial charge in [0.1, 0.15) is 18.2 Å². The predicted molar refractivity (Wildman–Crippen MR) is 140 cm³/mol. The summed E-state index contributed by atoms with van der Waals surface area (Å²) < 4.78 is 11.3. The lowest BCUT2D eigenvalue weighted by atomic mass is 9.90. The fraction of sp³-hybridized carbons (Fsp3) is 0.643. The number of likely N-dealkylation sites (tertiary alicyclic amines) is 1. The van der Waals surface area contributed by atoms with E-state index in [9.17, 15) is 9.90 Å². The molecule has 0 aromatic carbocycles. The van der Waals surface area contributed by atoms with Crippen molar-refractivity contribution in [2.45, 2.75) is 64.3 Å². The first-order valence-electron chi connectivity index (χ1n) is 13.7. The van der Waals surface area contributed by atoms with Gasteiger partial charge in [-0.2, -0.15) is 0 Å². The molecule has 2 N–H and O–H groups in total. The van der Waals surface area contributed by atoms with Gasteiger partial charge in [-0.1, -0.05) is 25.8 Å². The van der Waals surface area contributed by atoms with Crippen LogP contribution in [0.1, 0.15) is 68.3 Å². The highest BCUT2D eigenvalue weighted by atomic mass is 16.5. The Labute approximate surface area is 219 Å². The highest BCUT2D eigenvalue weighted by molar-refractivity contribution is 5.76. The second-order valence-electron chi connectivity index (χ2n) is 11.2. The summed E-state index contributed by atoms with van der Waals surface area (Å²) in [6.07, 6.45) is 11.9. The number of hydrogen-bond donors (Lipinski definition) is 2. The lowest BCUT2D eigenvalue weighted by Crippen LogP contribution is -2.44. The third kappa shape index (κ3) is 6.38. The van der Waals surface area contributed by atoms with Gasteiger partial charge in [-0.3, -0.25) is 9.69 Å². The summed E-state index contributed by atoms with van der Waals surface area (Å²) in [5, 5.41) is 13.5. The molecule has 3 aliphatic heterocycles. The first-order valence-corrected chi connectivity index (χ1v) is 13.7. The van der Waals surface area contributed by atoms with Crippen molar-refractivity contribution < 1.29 is 19.4 Å². The lowest BCUT2D eigenvalue weighted by molar-refractivity contribution is -0.143. The van der Waals surface area contributed by atoms with Crippen LogP contribution in [0.15, 0.2) is 24.7 Å². The fourth-order valence-electron chi connectivity index (χ4n) is 5.66. The number of hydrogen-bond acceptors (Lipinski definition) is 8. The molecular weight excluding hydrogens is 470 g/mol. The molecular formula is C28H39N5O4. The van der Waals surface area contributed by atoms with Crippen molar-refractivity contribution in [3.8, 4) is 5.88 Å². The van der Waals surface area contributed by atoms with Gasteiger partial charge in [0.05, 0.1) is 25.4 Å². The SMILES string of the molecule is CC1(COc2ncncc2C(C(=O)O)N2CCC(CCCCCc3ccc4c(n3)NCCC4)C2)COC1. The number of aryl methyl sites for hydroxylation is 2. The zero-order valence-electron chi connectivity index (χ0n) is 21.8. The maximum atomic E-state index is 12.4. The molecule has 0 aliphatic carbocycles. The summed E-state index contributed by atoms with van der Waals surface area (Å²) >= 11 is 0. The van der Waals surface area contributed by atoms with E-state index in [1.165, 1.54) is 24.0 Å². The molecule has 5 rings (SSSR count). The van der Waals surface area contributed by atoms with Gasteiger partial charge in [0.25, 0.3) is 0 Å². The van der Waals surface area contributed by atoms with E-state index >= 15 is 0 Å². The number of aliphatic carboxylic acids is 1. The number of anilines is 1. The van der Waals surface area contributed by atoms with Crippen molar-refractivity contribution in [2.75, 3.05) is 44.8 Å².